The number of piperazine rings is 1. The molecule has 2 saturated heterocycles. The predicted octanol–water partition coefficient (Wildman–Crippen LogP) is 5.44. The molecule has 12 heteroatoms. The van der Waals surface area contributed by atoms with Gasteiger partial charge in [-0.15, -0.1) is 49.0 Å². The number of carbonyl (C=O) groups is 1. The Bertz CT molecular complexity index is 1520. The first-order chi connectivity index (χ1) is 19.7. The number of aromatic nitrogens is 1. The third kappa shape index (κ3) is 8.03. The summed E-state index contributed by atoms with van der Waals surface area (Å²) in [6.07, 6.45) is 4.39. The fourth-order valence-corrected chi connectivity index (χ4v) is 6.46. The maximum Gasteiger partial charge on any atom is 0.240 e. The molecular weight excluding hydrogens is 631 g/mol. The van der Waals surface area contributed by atoms with Gasteiger partial charge in [0, 0.05) is 56.4 Å². The lowest BCUT2D eigenvalue weighted by molar-refractivity contribution is -0.134. The molecular formula is C31H35Cl3N4O4S. The van der Waals surface area contributed by atoms with Crippen LogP contribution >= 0.6 is 49.0 Å². The van der Waals surface area contributed by atoms with Gasteiger partial charge in [-0.3, -0.25) is 24.8 Å². The summed E-state index contributed by atoms with van der Waals surface area (Å²) >= 11 is 1.76. The Morgan fingerprint density at radius 3 is 2.47 bits per heavy atom. The number of para-hydroxylation sites is 1. The summed E-state index contributed by atoms with van der Waals surface area (Å²) in [5.74, 6) is 1.66. The van der Waals surface area contributed by atoms with Gasteiger partial charge in [-0.2, -0.15) is 0 Å². The van der Waals surface area contributed by atoms with Crippen molar-refractivity contribution in [3.63, 3.8) is 0 Å². The molecule has 8 nitrogen and oxygen atoms in total. The van der Waals surface area contributed by atoms with Crippen molar-refractivity contribution in [1.82, 2.24) is 20.1 Å². The molecule has 0 unspecified atom stereocenters. The van der Waals surface area contributed by atoms with Gasteiger partial charge in [0.25, 0.3) is 0 Å². The number of carbonyl (C=O) groups excluding carboxylic acids is 1. The molecule has 6 rings (SSSR count). The van der Waals surface area contributed by atoms with Gasteiger partial charge in [0.05, 0.1) is 23.4 Å². The SMILES string of the molecule is Cl.Cl.Cl.O=C([C@@H]1CS[C@H](c2cccnc2)N1)N1CCN(CCCOc2c(-c3ccccc3)oc3ccccc3c2=O)CC1. The molecule has 0 bridgehead atoms. The normalized spacial score (nSPS) is 18.3. The predicted molar refractivity (Wildman–Crippen MR) is 179 cm³/mol. The van der Waals surface area contributed by atoms with Crippen molar-refractivity contribution in [1.29, 1.82) is 0 Å². The second-order valence-corrected chi connectivity index (χ2v) is 11.2. The van der Waals surface area contributed by atoms with Gasteiger partial charge in [-0.1, -0.05) is 48.5 Å². The van der Waals surface area contributed by atoms with Gasteiger partial charge in [0.15, 0.2) is 5.76 Å². The van der Waals surface area contributed by atoms with E-state index < -0.39 is 0 Å². The van der Waals surface area contributed by atoms with Crippen molar-refractivity contribution in [2.75, 3.05) is 45.1 Å². The highest BCUT2D eigenvalue weighted by atomic mass is 35.5. The first kappa shape index (κ1) is 34.7. The summed E-state index contributed by atoms with van der Waals surface area (Å²) < 4.78 is 12.2. The lowest BCUT2D eigenvalue weighted by Gasteiger charge is -2.36. The van der Waals surface area contributed by atoms with Gasteiger partial charge < -0.3 is 14.1 Å². The first-order valence-corrected chi connectivity index (χ1v) is 14.7. The Hall–Kier alpha value is -2.79. The number of fused-ring (bicyclic) bond motifs is 1. The van der Waals surface area contributed by atoms with E-state index in [1.54, 1.807) is 30.1 Å². The second kappa shape index (κ2) is 16.3. The second-order valence-electron chi connectivity index (χ2n) is 10.0. The maximum atomic E-state index is 13.3. The van der Waals surface area contributed by atoms with Crippen LogP contribution in [0.1, 0.15) is 17.4 Å². The smallest absolute Gasteiger partial charge is 0.240 e. The molecule has 4 aromatic rings. The molecule has 2 aliphatic rings. The van der Waals surface area contributed by atoms with Crippen molar-refractivity contribution in [3.05, 3.63) is 94.9 Å². The van der Waals surface area contributed by atoms with Crippen LogP contribution in [0, 0.1) is 0 Å². The van der Waals surface area contributed by atoms with Crippen LogP contribution in [0.25, 0.3) is 22.3 Å². The summed E-state index contributed by atoms with van der Waals surface area (Å²) in [7, 11) is 0. The standard InChI is InChI=1S/C31H32N4O4S.3ClH/c36-27-24-11-4-5-12-26(24)39-28(22-8-2-1-3-9-22)29(27)38-19-7-14-34-15-17-35(18-16-34)31(37)25-21-40-30(33-25)23-10-6-13-32-20-23;;;/h1-6,8-13,20,25,30,33H,7,14-19,21H2;3*1H/t25-,30+;;;/m0.../s1. The van der Waals surface area contributed by atoms with E-state index >= 15 is 0 Å². The summed E-state index contributed by atoms with van der Waals surface area (Å²) in [4.78, 5) is 34.9. The van der Waals surface area contributed by atoms with Gasteiger partial charge in [0.2, 0.25) is 17.1 Å². The molecule has 2 aromatic carbocycles. The molecule has 2 aromatic heterocycles. The molecule has 1 amide bonds. The quantitative estimate of drug-likeness (QED) is 0.249. The van der Waals surface area contributed by atoms with Crippen LogP contribution in [0.3, 0.4) is 0 Å². The Labute approximate surface area is 273 Å². The zero-order valence-electron chi connectivity index (χ0n) is 23.4. The number of nitrogens with one attached hydrogen (secondary N) is 1. The molecule has 4 heterocycles. The average molecular weight is 666 g/mol. The number of rotatable bonds is 8. The zero-order valence-corrected chi connectivity index (χ0v) is 26.7. The highest BCUT2D eigenvalue weighted by Gasteiger charge is 2.34. The van der Waals surface area contributed by atoms with Crippen LogP contribution in [0.2, 0.25) is 0 Å². The molecule has 0 spiro atoms. The topological polar surface area (TPSA) is 87.9 Å². The minimum absolute atomic E-state index is 0. The molecule has 1 N–H and O–H groups in total. The maximum absolute atomic E-state index is 13.3. The summed E-state index contributed by atoms with van der Waals surface area (Å²) in [6, 6.07) is 20.7. The fourth-order valence-electron chi connectivity index (χ4n) is 5.25. The largest absolute Gasteiger partial charge is 0.486 e. The van der Waals surface area contributed by atoms with E-state index in [1.807, 2.05) is 65.7 Å². The van der Waals surface area contributed by atoms with E-state index in [4.69, 9.17) is 9.15 Å². The molecule has 43 heavy (non-hydrogen) atoms. The number of benzene rings is 2. The molecule has 2 atom stereocenters. The molecule has 2 fully saturated rings. The Morgan fingerprint density at radius 2 is 1.72 bits per heavy atom. The number of hydrogen-bond donors (Lipinski definition) is 1. The van der Waals surface area contributed by atoms with E-state index in [9.17, 15) is 9.59 Å². The highest BCUT2D eigenvalue weighted by molar-refractivity contribution is 7.99. The highest BCUT2D eigenvalue weighted by Crippen LogP contribution is 2.33. The van der Waals surface area contributed by atoms with E-state index in [-0.39, 0.29) is 65.7 Å². The third-order valence-corrected chi connectivity index (χ3v) is 8.68. The number of amides is 1. The first-order valence-electron chi connectivity index (χ1n) is 13.7. The molecule has 0 radical (unpaired) electrons. The zero-order chi connectivity index (χ0) is 27.3. The van der Waals surface area contributed by atoms with Crippen molar-refractivity contribution in [2.24, 2.45) is 0 Å². The third-order valence-electron chi connectivity index (χ3n) is 7.41. The van der Waals surface area contributed by atoms with E-state index in [1.165, 1.54) is 0 Å². The average Bonchev–Trinajstić information content (AvgIpc) is 3.51. The van der Waals surface area contributed by atoms with Crippen LogP contribution in [0.15, 0.2) is 88.3 Å². The number of thioether (sulfide) groups is 1. The Morgan fingerprint density at radius 1 is 0.977 bits per heavy atom. The number of ether oxygens (including phenoxy) is 1. The van der Waals surface area contributed by atoms with Gasteiger partial charge >= 0.3 is 0 Å². The van der Waals surface area contributed by atoms with Crippen molar-refractivity contribution < 1.29 is 13.9 Å². The summed E-state index contributed by atoms with van der Waals surface area (Å²) in [5.41, 5.74) is 2.30. The van der Waals surface area contributed by atoms with Crippen LogP contribution in [-0.2, 0) is 4.79 Å². The van der Waals surface area contributed by atoms with Crippen LogP contribution < -0.4 is 15.5 Å². The Balaban J connectivity index is 0.00000169. The minimum atomic E-state index is -0.164. The molecule has 2 aliphatic heterocycles. The van der Waals surface area contributed by atoms with Crippen LogP contribution in [0.4, 0.5) is 0 Å². The van der Waals surface area contributed by atoms with E-state index in [0.29, 0.717) is 36.4 Å². The van der Waals surface area contributed by atoms with Crippen molar-refractivity contribution in [3.8, 4) is 17.1 Å². The van der Waals surface area contributed by atoms with E-state index in [2.05, 4.69) is 15.2 Å². The fraction of sp³-hybridized carbons (Fsp3) is 0.323. The monoisotopic (exact) mass is 664 g/mol. The molecule has 0 saturated carbocycles. The van der Waals surface area contributed by atoms with Gasteiger partial charge in [-0.05, 0) is 30.2 Å². The summed E-state index contributed by atoms with van der Waals surface area (Å²) in [6.45, 7) is 4.32. The number of halogens is 3. The molecule has 0 aliphatic carbocycles. The number of nitrogens with zero attached hydrogens (tertiary/aromatic N) is 3. The van der Waals surface area contributed by atoms with E-state index in [0.717, 1.165) is 42.9 Å². The lowest BCUT2D eigenvalue weighted by atomic mass is 10.1. The number of hydrogen-bond acceptors (Lipinski definition) is 8. The Kier molecular flexibility index (Phi) is 13.2. The molecule has 230 valence electrons. The summed E-state index contributed by atoms with van der Waals surface area (Å²) in [5, 5.41) is 4.09. The van der Waals surface area contributed by atoms with Crippen molar-refractivity contribution >= 4 is 65.9 Å². The van der Waals surface area contributed by atoms with Crippen LogP contribution in [-0.4, -0.2) is 71.8 Å². The lowest BCUT2D eigenvalue weighted by Crippen LogP contribution is -2.53. The van der Waals surface area contributed by atoms with Gasteiger partial charge in [-0.25, -0.2) is 0 Å². The van der Waals surface area contributed by atoms with Crippen molar-refractivity contribution in [2.45, 2.75) is 17.8 Å². The number of pyridine rings is 1. The van der Waals surface area contributed by atoms with Gasteiger partial charge in [0.1, 0.15) is 5.58 Å². The minimum Gasteiger partial charge on any atom is -0.486 e. The van der Waals surface area contributed by atoms with Crippen LogP contribution in [0.5, 0.6) is 5.75 Å².